The Morgan fingerprint density at radius 2 is 1.82 bits per heavy atom. The van der Waals surface area contributed by atoms with Gasteiger partial charge in [-0.2, -0.15) is 0 Å². The van der Waals surface area contributed by atoms with Crippen LogP contribution >= 0.6 is 34.5 Å². The van der Waals surface area contributed by atoms with Crippen molar-refractivity contribution in [2.24, 2.45) is 0 Å². The topological polar surface area (TPSA) is 109 Å². The van der Waals surface area contributed by atoms with Gasteiger partial charge in [0.25, 0.3) is 11.8 Å². The van der Waals surface area contributed by atoms with Gasteiger partial charge in [0.1, 0.15) is 12.3 Å². The summed E-state index contributed by atoms with van der Waals surface area (Å²) in [5, 5.41) is 8.23. The number of carbonyl (C=O) groups is 3. The van der Waals surface area contributed by atoms with E-state index in [1.165, 1.54) is 23.6 Å². The largest absolute Gasteiger partial charge is 0.370 e. The molecule has 0 radical (unpaired) electrons. The Hall–Kier alpha value is -2.98. The molecule has 0 aliphatic rings. The summed E-state index contributed by atoms with van der Waals surface area (Å²) in [6.07, 6.45) is 1.38. The molecule has 3 N–H and O–H groups in total. The molecule has 172 valence electrons. The number of aromatic nitrogens is 1. The first-order valence-corrected chi connectivity index (χ1v) is 11.5. The molecule has 11 heteroatoms. The van der Waals surface area contributed by atoms with E-state index in [1.54, 1.807) is 36.4 Å². The van der Waals surface area contributed by atoms with Gasteiger partial charge in [0.15, 0.2) is 0 Å². The number of anilines is 2. The summed E-state index contributed by atoms with van der Waals surface area (Å²) in [7, 11) is 0. The highest BCUT2D eigenvalue weighted by molar-refractivity contribution is 7.18. The molecule has 2 heterocycles. The molecule has 1 aromatic carbocycles. The van der Waals surface area contributed by atoms with Crippen LogP contribution in [-0.4, -0.2) is 41.8 Å². The summed E-state index contributed by atoms with van der Waals surface area (Å²) in [4.78, 5) is 41.3. The number of halogens is 2. The molecule has 3 aromatic rings. The summed E-state index contributed by atoms with van der Waals surface area (Å²) in [6, 6.07) is 13.5. The van der Waals surface area contributed by atoms with Gasteiger partial charge in [0, 0.05) is 18.1 Å². The van der Waals surface area contributed by atoms with Crippen LogP contribution in [0.3, 0.4) is 0 Å². The standard InChI is InChI=1S/C22H20Cl2N4O4S/c23-9-10-32-13-20(29)27-15-5-6-17(25-12-15)21(30)28-16-4-2-1-3-14(16)11-26-22(31)18-7-8-19(24)33-18/h1-8,12H,9-11,13H2,(H,26,31)(H,27,29)(H,28,30). The highest BCUT2D eigenvalue weighted by Crippen LogP contribution is 2.22. The lowest BCUT2D eigenvalue weighted by Crippen LogP contribution is -2.23. The van der Waals surface area contributed by atoms with E-state index in [9.17, 15) is 14.4 Å². The predicted molar refractivity (Wildman–Crippen MR) is 129 cm³/mol. The summed E-state index contributed by atoms with van der Waals surface area (Å²) in [5.74, 6) is -0.722. The van der Waals surface area contributed by atoms with Crippen LogP contribution in [0, 0.1) is 0 Å². The van der Waals surface area contributed by atoms with E-state index in [4.69, 9.17) is 27.9 Å². The Morgan fingerprint density at radius 3 is 2.52 bits per heavy atom. The van der Waals surface area contributed by atoms with Crippen LogP contribution in [0.4, 0.5) is 11.4 Å². The number of hydrogen-bond acceptors (Lipinski definition) is 6. The monoisotopic (exact) mass is 506 g/mol. The van der Waals surface area contributed by atoms with Crippen molar-refractivity contribution in [3.8, 4) is 0 Å². The minimum absolute atomic E-state index is 0.123. The number of pyridine rings is 1. The van der Waals surface area contributed by atoms with Gasteiger partial charge in [-0.25, -0.2) is 4.98 Å². The van der Waals surface area contributed by atoms with Crippen molar-refractivity contribution in [3.63, 3.8) is 0 Å². The summed E-state index contributed by atoms with van der Waals surface area (Å²) < 4.78 is 5.59. The molecular weight excluding hydrogens is 487 g/mol. The van der Waals surface area contributed by atoms with Crippen LogP contribution in [0.2, 0.25) is 4.34 Å². The third-order valence-corrected chi connectivity index (χ3v) is 5.62. The molecule has 0 saturated carbocycles. The predicted octanol–water partition coefficient (Wildman–Crippen LogP) is 4.17. The number of nitrogens with zero attached hydrogens (tertiary/aromatic N) is 1. The third kappa shape index (κ3) is 7.54. The number of thiophene rings is 1. The molecule has 0 bridgehead atoms. The van der Waals surface area contributed by atoms with Crippen LogP contribution in [0.25, 0.3) is 0 Å². The van der Waals surface area contributed by atoms with E-state index in [0.29, 0.717) is 26.5 Å². The van der Waals surface area contributed by atoms with E-state index >= 15 is 0 Å². The molecule has 33 heavy (non-hydrogen) atoms. The molecule has 3 amide bonds. The second kappa shape index (κ2) is 12.3. The van der Waals surface area contributed by atoms with E-state index < -0.39 is 5.91 Å². The Kier molecular flexibility index (Phi) is 9.20. The second-order valence-corrected chi connectivity index (χ2v) is 8.71. The van der Waals surface area contributed by atoms with Crippen molar-refractivity contribution in [1.82, 2.24) is 10.3 Å². The summed E-state index contributed by atoms with van der Waals surface area (Å²) >= 11 is 12.6. The first kappa shape index (κ1) is 24.7. The zero-order valence-electron chi connectivity index (χ0n) is 17.3. The van der Waals surface area contributed by atoms with Crippen LogP contribution in [-0.2, 0) is 16.1 Å². The molecule has 0 aliphatic carbocycles. The lowest BCUT2D eigenvalue weighted by atomic mass is 10.1. The number of nitrogens with one attached hydrogen (secondary N) is 3. The van der Waals surface area contributed by atoms with Crippen molar-refractivity contribution in [2.45, 2.75) is 6.54 Å². The SMILES string of the molecule is O=C(COCCCl)Nc1ccc(C(=O)Nc2ccccc2CNC(=O)c2ccc(Cl)s2)nc1. The van der Waals surface area contributed by atoms with Crippen LogP contribution < -0.4 is 16.0 Å². The fourth-order valence-electron chi connectivity index (χ4n) is 2.70. The van der Waals surface area contributed by atoms with Gasteiger partial charge >= 0.3 is 0 Å². The highest BCUT2D eigenvalue weighted by atomic mass is 35.5. The maximum atomic E-state index is 12.6. The minimum Gasteiger partial charge on any atom is -0.370 e. The lowest BCUT2D eigenvalue weighted by molar-refractivity contribution is -0.120. The number of rotatable bonds is 10. The van der Waals surface area contributed by atoms with Gasteiger partial charge in [-0.15, -0.1) is 22.9 Å². The zero-order chi connectivity index (χ0) is 23.6. The maximum absolute atomic E-state index is 12.6. The average molecular weight is 507 g/mol. The number of amides is 3. The fraction of sp³-hybridized carbons (Fsp3) is 0.182. The normalized spacial score (nSPS) is 10.5. The maximum Gasteiger partial charge on any atom is 0.274 e. The van der Waals surface area contributed by atoms with E-state index in [0.717, 1.165) is 5.56 Å². The van der Waals surface area contributed by atoms with Crippen molar-refractivity contribution < 1.29 is 19.1 Å². The van der Waals surface area contributed by atoms with Gasteiger partial charge in [0.05, 0.1) is 27.7 Å². The van der Waals surface area contributed by atoms with Gasteiger partial charge in [0.2, 0.25) is 5.91 Å². The Bertz CT molecular complexity index is 1120. The van der Waals surface area contributed by atoms with Crippen molar-refractivity contribution in [2.75, 3.05) is 29.7 Å². The van der Waals surface area contributed by atoms with Crippen LogP contribution in [0.1, 0.15) is 25.7 Å². The van der Waals surface area contributed by atoms with Crippen molar-refractivity contribution in [1.29, 1.82) is 0 Å². The molecule has 0 saturated heterocycles. The summed E-state index contributed by atoms with van der Waals surface area (Å²) in [5.41, 5.74) is 1.87. The zero-order valence-corrected chi connectivity index (χ0v) is 19.6. The molecule has 0 atom stereocenters. The molecule has 0 unspecified atom stereocenters. The van der Waals surface area contributed by atoms with Gasteiger partial charge in [-0.05, 0) is 35.9 Å². The number of benzene rings is 1. The number of para-hydroxylation sites is 1. The minimum atomic E-state index is -0.429. The first-order valence-electron chi connectivity index (χ1n) is 9.78. The second-order valence-electron chi connectivity index (χ2n) is 6.62. The van der Waals surface area contributed by atoms with E-state index in [2.05, 4.69) is 20.9 Å². The van der Waals surface area contributed by atoms with E-state index in [1.807, 2.05) is 6.07 Å². The Balaban J connectivity index is 1.57. The fourth-order valence-corrected chi connectivity index (χ4v) is 3.77. The first-order chi connectivity index (χ1) is 16.0. The van der Waals surface area contributed by atoms with Gasteiger partial charge in [-0.1, -0.05) is 29.8 Å². The van der Waals surface area contributed by atoms with Crippen molar-refractivity contribution >= 4 is 63.6 Å². The Labute approximate surface area is 204 Å². The smallest absolute Gasteiger partial charge is 0.274 e. The van der Waals surface area contributed by atoms with E-state index in [-0.39, 0.29) is 37.3 Å². The number of hydrogen-bond donors (Lipinski definition) is 3. The Morgan fingerprint density at radius 1 is 1.00 bits per heavy atom. The third-order valence-electron chi connectivity index (χ3n) is 4.24. The highest BCUT2D eigenvalue weighted by Gasteiger charge is 2.13. The quantitative estimate of drug-likeness (QED) is 0.282. The van der Waals surface area contributed by atoms with Gasteiger partial charge in [-0.3, -0.25) is 14.4 Å². The lowest BCUT2D eigenvalue weighted by Gasteiger charge is -2.12. The van der Waals surface area contributed by atoms with Crippen LogP contribution in [0.5, 0.6) is 0 Å². The molecule has 8 nitrogen and oxygen atoms in total. The van der Waals surface area contributed by atoms with Gasteiger partial charge < -0.3 is 20.7 Å². The average Bonchev–Trinajstić information content (AvgIpc) is 3.25. The van der Waals surface area contributed by atoms with Crippen molar-refractivity contribution in [3.05, 3.63) is 75.2 Å². The molecule has 0 spiro atoms. The summed E-state index contributed by atoms with van der Waals surface area (Å²) in [6.45, 7) is 0.372. The number of carbonyl (C=O) groups excluding carboxylic acids is 3. The molecular formula is C22H20Cl2N4O4S. The number of ether oxygens (including phenoxy) is 1. The molecule has 0 aliphatic heterocycles. The molecule has 0 fully saturated rings. The molecule has 3 rings (SSSR count). The number of alkyl halides is 1. The molecule has 2 aromatic heterocycles. The van der Waals surface area contributed by atoms with Crippen LogP contribution in [0.15, 0.2) is 54.7 Å².